The fourth-order valence-corrected chi connectivity index (χ4v) is 1.15. The molecular weight excluding hydrogens is 192 g/mol. The zero-order valence-electron chi connectivity index (χ0n) is 9.08. The van der Waals surface area contributed by atoms with E-state index in [2.05, 4.69) is 23.7 Å². The van der Waals surface area contributed by atoms with Crippen molar-refractivity contribution in [2.24, 2.45) is 11.5 Å². The number of carbonyl (C=O) groups is 1. The molecule has 15 heavy (non-hydrogen) atoms. The highest BCUT2D eigenvalue weighted by Gasteiger charge is 1.97. The molecule has 0 spiro atoms. The van der Waals surface area contributed by atoms with Crippen molar-refractivity contribution in [3.05, 3.63) is 23.8 Å². The van der Waals surface area contributed by atoms with Gasteiger partial charge in [0.2, 0.25) is 0 Å². The molecule has 0 fully saturated rings. The van der Waals surface area contributed by atoms with Crippen molar-refractivity contribution < 1.29 is 4.79 Å². The van der Waals surface area contributed by atoms with Gasteiger partial charge in [0, 0.05) is 18.4 Å². The third-order valence-electron chi connectivity index (χ3n) is 1.78. The van der Waals surface area contributed by atoms with Crippen LogP contribution in [0.5, 0.6) is 0 Å². The van der Waals surface area contributed by atoms with Crippen molar-refractivity contribution >= 4 is 17.4 Å². The molecule has 0 atom stereocenters. The fourth-order valence-electron chi connectivity index (χ4n) is 1.15. The number of nitrogen functional groups attached to an aromatic ring is 1. The minimum Gasteiger partial charge on any atom is -0.399 e. The van der Waals surface area contributed by atoms with E-state index in [1.807, 2.05) is 25.2 Å². The van der Waals surface area contributed by atoms with Gasteiger partial charge in [0.15, 0.2) is 0 Å². The van der Waals surface area contributed by atoms with Crippen LogP contribution in [-0.2, 0) is 6.42 Å². The summed E-state index contributed by atoms with van der Waals surface area (Å²) in [5.74, 6) is 0. The molecule has 5 heteroatoms. The molecule has 84 valence electrons. The van der Waals surface area contributed by atoms with Crippen molar-refractivity contribution in [2.75, 3.05) is 18.1 Å². The minimum atomic E-state index is -0.833. The Balaban J connectivity index is 0.000000423. The highest BCUT2D eigenvalue weighted by molar-refractivity contribution is 5.69. The number of primary amides is 2. The van der Waals surface area contributed by atoms with Crippen LogP contribution in [0.15, 0.2) is 18.2 Å². The molecule has 0 saturated carbocycles. The first kappa shape index (κ1) is 13.1. The molecule has 2 amide bonds. The van der Waals surface area contributed by atoms with Crippen LogP contribution in [0.4, 0.5) is 16.2 Å². The van der Waals surface area contributed by atoms with Crippen LogP contribution >= 0.6 is 0 Å². The molecule has 7 N–H and O–H groups in total. The Bertz CT molecular complexity index is 321. The lowest BCUT2D eigenvalue weighted by molar-refractivity contribution is 0.256. The lowest BCUT2D eigenvalue weighted by Gasteiger charge is -2.06. The summed E-state index contributed by atoms with van der Waals surface area (Å²) in [6, 6.07) is 5.09. The number of amides is 2. The average molecular weight is 210 g/mol. The second kappa shape index (κ2) is 6.53. The number of nitrogens with two attached hydrogens (primary N) is 3. The van der Waals surface area contributed by atoms with Crippen LogP contribution in [0.2, 0.25) is 0 Å². The van der Waals surface area contributed by atoms with Crippen molar-refractivity contribution in [1.29, 1.82) is 0 Å². The number of aryl methyl sites for hydroxylation is 1. The van der Waals surface area contributed by atoms with E-state index >= 15 is 0 Å². The minimum absolute atomic E-state index is 0.833. The summed E-state index contributed by atoms with van der Waals surface area (Å²) in [7, 11) is 1.92. The number of hydrogen-bond acceptors (Lipinski definition) is 3. The van der Waals surface area contributed by atoms with Gasteiger partial charge in [0.1, 0.15) is 0 Å². The van der Waals surface area contributed by atoms with Gasteiger partial charge >= 0.3 is 6.03 Å². The molecule has 0 aliphatic carbocycles. The SMILES string of the molecule is CCc1cc(N)ccc1NC.NC(N)=O. The summed E-state index contributed by atoms with van der Waals surface area (Å²) in [5.41, 5.74) is 17.4. The monoisotopic (exact) mass is 210 g/mol. The lowest BCUT2D eigenvalue weighted by Crippen LogP contribution is -2.18. The van der Waals surface area contributed by atoms with Crippen LogP contribution < -0.4 is 22.5 Å². The molecule has 0 bridgehead atoms. The van der Waals surface area contributed by atoms with Crippen LogP contribution in [0.1, 0.15) is 12.5 Å². The molecule has 0 unspecified atom stereocenters. The number of anilines is 2. The molecule has 0 radical (unpaired) electrons. The Labute approximate surface area is 89.6 Å². The normalized spacial score (nSPS) is 8.67. The van der Waals surface area contributed by atoms with Crippen molar-refractivity contribution in [2.45, 2.75) is 13.3 Å². The van der Waals surface area contributed by atoms with E-state index in [1.165, 1.54) is 11.3 Å². The summed E-state index contributed by atoms with van der Waals surface area (Å²) in [6.07, 6.45) is 1.02. The van der Waals surface area contributed by atoms with E-state index in [1.54, 1.807) is 0 Å². The number of carbonyl (C=O) groups excluding carboxylic acids is 1. The van der Waals surface area contributed by atoms with Gasteiger partial charge in [0.05, 0.1) is 0 Å². The van der Waals surface area contributed by atoms with Crippen molar-refractivity contribution in [1.82, 2.24) is 0 Å². The van der Waals surface area contributed by atoms with Crippen LogP contribution in [-0.4, -0.2) is 13.1 Å². The maximum absolute atomic E-state index is 9.00. The van der Waals surface area contributed by atoms with E-state index in [0.717, 1.165) is 12.1 Å². The van der Waals surface area contributed by atoms with Gasteiger partial charge in [-0.25, -0.2) is 4.79 Å². The second-order valence-corrected chi connectivity index (χ2v) is 2.92. The Kier molecular flexibility index (Phi) is 5.70. The fraction of sp³-hybridized carbons (Fsp3) is 0.300. The Morgan fingerprint density at radius 3 is 2.33 bits per heavy atom. The number of nitrogens with one attached hydrogen (secondary N) is 1. The predicted octanol–water partition coefficient (Wildman–Crippen LogP) is 0.897. The average Bonchev–Trinajstić information content (AvgIpc) is 2.16. The zero-order valence-corrected chi connectivity index (χ0v) is 9.08. The van der Waals surface area contributed by atoms with Gasteiger partial charge in [-0.05, 0) is 30.2 Å². The predicted molar refractivity (Wildman–Crippen MR) is 63.5 cm³/mol. The van der Waals surface area contributed by atoms with Crippen LogP contribution in [0, 0.1) is 0 Å². The molecule has 0 heterocycles. The molecule has 1 aromatic carbocycles. The summed E-state index contributed by atoms with van der Waals surface area (Å²) in [6.45, 7) is 2.12. The number of urea groups is 1. The third kappa shape index (κ3) is 5.41. The standard InChI is InChI=1S/C9H14N2.CH4N2O/c1-3-7-6-8(10)4-5-9(7)11-2;2-1(3)4/h4-6,11H,3,10H2,1-2H3;(H4,2,3,4). The number of benzene rings is 1. The summed E-state index contributed by atoms with van der Waals surface area (Å²) in [4.78, 5) is 9.00. The molecule has 5 nitrogen and oxygen atoms in total. The Hall–Kier alpha value is -1.91. The summed E-state index contributed by atoms with van der Waals surface area (Å²) in [5, 5.41) is 3.12. The quantitative estimate of drug-likeness (QED) is 0.544. The number of rotatable bonds is 2. The molecule has 0 saturated heterocycles. The highest BCUT2D eigenvalue weighted by Crippen LogP contribution is 2.18. The first-order chi connectivity index (χ1) is 7.01. The molecule has 1 rings (SSSR count). The van der Waals surface area contributed by atoms with Crippen molar-refractivity contribution in [3.63, 3.8) is 0 Å². The van der Waals surface area contributed by atoms with Gasteiger partial charge in [-0.2, -0.15) is 0 Å². The van der Waals surface area contributed by atoms with Gasteiger partial charge in [-0.15, -0.1) is 0 Å². The van der Waals surface area contributed by atoms with Crippen LogP contribution in [0.25, 0.3) is 0 Å². The summed E-state index contributed by atoms with van der Waals surface area (Å²) < 4.78 is 0. The van der Waals surface area contributed by atoms with Gasteiger partial charge < -0.3 is 22.5 Å². The van der Waals surface area contributed by atoms with Gasteiger partial charge in [0.25, 0.3) is 0 Å². The lowest BCUT2D eigenvalue weighted by atomic mass is 10.1. The highest BCUT2D eigenvalue weighted by atomic mass is 16.2. The number of hydrogen-bond donors (Lipinski definition) is 4. The van der Waals surface area contributed by atoms with E-state index in [4.69, 9.17) is 10.5 Å². The molecular formula is C10H18N4O. The summed E-state index contributed by atoms with van der Waals surface area (Å²) >= 11 is 0. The first-order valence-corrected chi connectivity index (χ1v) is 4.62. The van der Waals surface area contributed by atoms with E-state index in [0.29, 0.717) is 0 Å². The van der Waals surface area contributed by atoms with Crippen LogP contribution in [0.3, 0.4) is 0 Å². The van der Waals surface area contributed by atoms with Gasteiger partial charge in [-0.3, -0.25) is 0 Å². The molecule has 0 aliphatic rings. The molecule has 0 aliphatic heterocycles. The first-order valence-electron chi connectivity index (χ1n) is 4.62. The van der Waals surface area contributed by atoms with Crippen molar-refractivity contribution in [3.8, 4) is 0 Å². The molecule has 1 aromatic rings. The van der Waals surface area contributed by atoms with E-state index in [-0.39, 0.29) is 0 Å². The van der Waals surface area contributed by atoms with E-state index in [9.17, 15) is 0 Å². The zero-order chi connectivity index (χ0) is 11.8. The second-order valence-electron chi connectivity index (χ2n) is 2.92. The van der Waals surface area contributed by atoms with E-state index < -0.39 is 6.03 Å². The maximum Gasteiger partial charge on any atom is 0.309 e. The Morgan fingerprint density at radius 2 is 1.93 bits per heavy atom. The van der Waals surface area contributed by atoms with Gasteiger partial charge in [-0.1, -0.05) is 6.92 Å². The maximum atomic E-state index is 9.00. The Morgan fingerprint density at radius 1 is 1.40 bits per heavy atom. The topological polar surface area (TPSA) is 107 Å². The smallest absolute Gasteiger partial charge is 0.309 e. The third-order valence-corrected chi connectivity index (χ3v) is 1.78. The molecule has 0 aromatic heterocycles. The largest absolute Gasteiger partial charge is 0.399 e.